The normalized spacial score (nSPS) is 21.7. The number of carbonyl (C=O) groups is 1. The molecule has 5 heteroatoms. The summed E-state index contributed by atoms with van der Waals surface area (Å²) in [4.78, 5) is 15.1. The van der Waals surface area contributed by atoms with Gasteiger partial charge in [0, 0.05) is 17.0 Å². The maximum atomic E-state index is 12.9. The fraction of sp³-hybridized carbons (Fsp3) is 0.476. The molecule has 2 aromatic rings. The summed E-state index contributed by atoms with van der Waals surface area (Å²) in [6.07, 6.45) is 1.04. The lowest BCUT2D eigenvalue weighted by molar-refractivity contribution is 0.0953. The highest BCUT2D eigenvalue weighted by atomic mass is 32.1. The van der Waals surface area contributed by atoms with Crippen molar-refractivity contribution in [3.05, 3.63) is 44.6 Å². The maximum Gasteiger partial charge on any atom is 0.261 e. The van der Waals surface area contributed by atoms with Gasteiger partial charge in [0.05, 0.1) is 19.1 Å². The van der Waals surface area contributed by atoms with E-state index in [0.717, 1.165) is 28.4 Å². The molecule has 26 heavy (non-hydrogen) atoms. The molecule has 2 aliphatic carbocycles. The molecule has 4 nitrogen and oxygen atoms in total. The van der Waals surface area contributed by atoms with E-state index >= 15 is 0 Å². The van der Waals surface area contributed by atoms with Crippen molar-refractivity contribution in [1.29, 1.82) is 0 Å². The molecule has 0 radical (unpaired) electrons. The Kier molecular flexibility index (Phi) is 4.03. The number of benzene rings is 1. The van der Waals surface area contributed by atoms with Crippen molar-refractivity contribution in [2.24, 2.45) is 11.3 Å². The Hall–Kier alpha value is -2.01. The highest BCUT2D eigenvalue weighted by molar-refractivity contribution is 7.14. The largest absolute Gasteiger partial charge is 0.497 e. The molecule has 0 bridgehead atoms. The molecule has 1 N–H and O–H groups in total. The third-order valence-corrected chi connectivity index (χ3v) is 7.31. The van der Waals surface area contributed by atoms with Crippen LogP contribution in [0.3, 0.4) is 0 Å². The van der Waals surface area contributed by atoms with Crippen LogP contribution in [0.25, 0.3) is 0 Å². The van der Waals surface area contributed by atoms with Crippen LogP contribution >= 0.6 is 11.3 Å². The molecular weight excluding hydrogens is 346 g/mol. The van der Waals surface area contributed by atoms with Gasteiger partial charge in [0.1, 0.15) is 11.5 Å². The van der Waals surface area contributed by atoms with Gasteiger partial charge in [-0.25, -0.2) is 0 Å². The monoisotopic (exact) mass is 371 g/mol. The molecule has 1 amide bonds. The summed E-state index contributed by atoms with van der Waals surface area (Å²) < 4.78 is 10.7. The molecule has 1 fully saturated rings. The van der Waals surface area contributed by atoms with E-state index in [4.69, 9.17) is 9.47 Å². The van der Waals surface area contributed by atoms with Crippen molar-refractivity contribution in [3.8, 4) is 11.5 Å². The average Bonchev–Trinajstić information content (AvgIpc) is 2.97. The Bertz CT molecular complexity index is 884. The molecule has 0 saturated heterocycles. The first-order valence-corrected chi connectivity index (χ1v) is 9.81. The number of ether oxygens (including phenoxy) is 2. The summed E-state index contributed by atoms with van der Waals surface area (Å²) in [6, 6.07) is 5.62. The van der Waals surface area contributed by atoms with Gasteiger partial charge in [-0.1, -0.05) is 13.8 Å². The van der Waals surface area contributed by atoms with E-state index in [1.165, 1.54) is 16.0 Å². The minimum absolute atomic E-state index is 0.0170. The lowest BCUT2D eigenvalue weighted by Gasteiger charge is -2.12. The highest BCUT2D eigenvalue weighted by Crippen LogP contribution is 2.71. The Balaban J connectivity index is 1.53. The number of thiophene rings is 1. The SMILES string of the molecule is COc1ccc(OC)c(CNC(=O)c2sc(C)c3c2C[C@@H]2[C@H]3C2(C)C)c1. The Morgan fingerprint density at radius 3 is 2.77 bits per heavy atom. The van der Waals surface area contributed by atoms with Gasteiger partial charge in [0.15, 0.2) is 0 Å². The van der Waals surface area contributed by atoms with E-state index < -0.39 is 0 Å². The van der Waals surface area contributed by atoms with Crippen molar-refractivity contribution < 1.29 is 14.3 Å². The average molecular weight is 372 g/mol. The topological polar surface area (TPSA) is 47.6 Å². The minimum atomic E-state index is 0.0170. The van der Waals surface area contributed by atoms with E-state index in [2.05, 4.69) is 26.1 Å². The van der Waals surface area contributed by atoms with Crippen LogP contribution in [0.1, 0.15) is 51.0 Å². The summed E-state index contributed by atoms with van der Waals surface area (Å²) in [7, 11) is 3.27. The van der Waals surface area contributed by atoms with Crippen LogP contribution in [0.4, 0.5) is 0 Å². The van der Waals surface area contributed by atoms with Gasteiger partial charge in [-0.15, -0.1) is 11.3 Å². The van der Waals surface area contributed by atoms with Crippen LogP contribution in [0, 0.1) is 18.3 Å². The molecule has 2 aliphatic rings. The summed E-state index contributed by atoms with van der Waals surface area (Å²) in [5.74, 6) is 2.88. The molecule has 2 atom stereocenters. The molecule has 138 valence electrons. The number of aryl methyl sites for hydroxylation is 1. The molecule has 1 aromatic heterocycles. The lowest BCUT2D eigenvalue weighted by atomic mass is 9.95. The Morgan fingerprint density at radius 1 is 1.31 bits per heavy atom. The van der Waals surface area contributed by atoms with Gasteiger partial charge in [-0.05, 0) is 59.9 Å². The summed E-state index contributed by atoms with van der Waals surface area (Å²) in [5, 5.41) is 3.07. The number of methoxy groups -OCH3 is 2. The van der Waals surface area contributed by atoms with Crippen molar-refractivity contribution in [2.45, 2.75) is 39.7 Å². The molecule has 0 aliphatic heterocycles. The Labute approximate surface area is 158 Å². The lowest BCUT2D eigenvalue weighted by Crippen LogP contribution is -2.23. The third-order valence-electron chi connectivity index (χ3n) is 6.15. The summed E-state index contributed by atoms with van der Waals surface area (Å²) >= 11 is 1.64. The number of fused-ring (bicyclic) bond motifs is 3. The molecular formula is C21H25NO3S. The van der Waals surface area contributed by atoms with E-state index in [0.29, 0.717) is 23.8 Å². The van der Waals surface area contributed by atoms with Crippen LogP contribution in [0.5, 0.6) is 11.5 Å². The number of rotatable bonds is 5. The number of carbonyl (C=O) groups excluding carboxylic acids is 1. The second-order valence-electron chi connectivity index (χ2n) is 7.85. The predicted octanol–water partition coefficient (Wildman–Crippen LogP) is 4.30. The fourth-order valence-corrected chi connectivity index (χ4v) is 5.74. The van der Waals surface area contributed by atoms with Gasteiger partial charge in [0.2, 0.25) is 0 Å². The van der Waals surface area contributed by atoms with E-state index in [1.54, 1.807) is 25.6 Å². The number of nitrogens with one attached hydrogen (secondary N) is 1. The van der Waals surface area contributed by atoms with Crippen molar-refractivity contribution in [1.82, 2.24) is 5.32 Å². The van der Waals surface area contributed by atoms with Crippen LogP contribution < -0.4 is 14.8 Å². The summed E-state index contributed by atoms with van der Waals surface area (Å²) in [6.45, 7) is 7.26. The quantitative estimate of drug-likeness (QED) is 0.852. The van der Waals surface area contributed by atoms with Gasteiger partial charge in [0.25, 0.3) is 5.91 Å². The standard InChI is InChI=1S/C21H25NO3S/c1-11-17-14(9-15-18(17)21(15,2)3)19(26-11)20(23)22-10-12-8-13(24-4)6-7-16(12)25-5/h6-8,15,18H,9-10H2,1-5H3,(H,22,23)/t15-,18-/m1/s1. The maximum absolute atomic E-state index is 12.9. The molecule has 0 unspecified atom stereocenters. The smallest absolute Gasteiger partial charge is 0.261 e. The first-order valence-electron chi connectivity index (χ1n) is 8.99. The fourth-order valence-electron chi connectivity index (χ4n) is 4.59. The van der Waals surface area contributed by atoms with Gasteiger partial charge in [-0.3, -0.25) is 4.79 Å². The first-order chi connectivity index (χ1) is 12.4. The Morgan fingerprint density at radius 2 is 2.08 bits per heavy atom. The van der Waals surface area contributed by atoms with Gasteiger partial charge < -0.3 is 14.8 Å². The molecule has 0 spiro atoms. The zero-order chi connectivity index (χ0) is 18.6. The van der Waals surface area contributed by atoms with Crippen LogP contribution in [-0.4, -0.2) is 20.1 Å². The molecule has 1 heterocycles. The first kappa shape index (κ1) is 17.4. The van der Waals surface area contributed by atoms with Crippen molar-refractivity contribution in [3.63, 3.8) is 0 Å². The van der Waals surface area contributed by atoms with Crippen molar-refractivity contribution >= 4 is 17.2 Å². The van der Waals surface area contributed by atoms with E-state index in [-0.39, 0.29) is 5.91 Å². The molecule has 1 aromatic carbocycles. The minimum Gasteiger partial charge on any atom is -0.497 e. The number of hydrogen-bond donors (Lipinski definition) is 1. The number of hydrogen-bond acceptors (Lipinski definition) is 4. The zero-order valence-corrected chi connectivity index (χ0v) is 16.8. The van der Waals surface area contributed by atoms with Crippen LogP contribution in [0.2, 0.25) is 0 Å². The highest BCUT2D eigenvalue weighted by Gasteiger charge is 2.63. The molecule has 4 rings (SSSR count). The summed E-state index contributed by atoms with van der Waals surface area (Å²) in [5.41, 5.74) is 4.06. The van der Waals surface area contributed by atoms with Gasteiger partial charge in [-0.2, -0.15) is 0 Å². The van der Waals surface area contributed by atoms with E-state index in [9.17, 15) is 4.79 Å². The van der Waals surface area contributed by atoms with Gasteiger partial charge >= 0.3 is 0 Å². The van der Waals surface area contributed by atoms with Crippen molar-refractivity contribution in [2.75, 3.05) is 14.2 Å². The second-order valence-corrected chi connectivity index (χ2v) is 9.07. The predicted molar refractivity (Wildman–Crippen MR) is 103 cm³/mol. The second kappa shape index (κ2) is 6.02. The number of amides is 1. The van der Waals surface area contributed by atoms with Crippen LogP contribution in [-0.2, 0) is 13.0 Å². The van der Waals surface area contributed by atoms with Crippen LogP contribution in [0.15, 0.2) is 18.2 Å². The molecule has 1 saturated carbocycles. The zero-order valence-electron chi connectivity index (χ0n) is 15.9. The third kappa shape index (κ3) is 2.52. The van der Waals surface area contributed by atoms with E-state index in [1.807, 2.05) is 18.2 Å².